The van der Waals surface area contributed by atoms with Crippen LogP contribution in [0.1, 0.15) is 30.4 Å². The monoisotopic (exact) mass is 394 g/mol. The summed E-state index contributed by atoms with van der Waals surface area (Å²) >= 11 is 0. The third-order valence-electron chi connectivity index (χ3n) is 5.47. The molecule has 3 rings (SSSR count). The first-order valence-corrected chi connectivity index (χ1v) is 9.80. The van der Waals surface area contributed by atoms with Crippen molar-refractivity contribution in [3.63, 3.8) is 0 Å². The minimum absolute atomic E-state index is 0.0892. The van der Waals surface area contributed by atoms with E-state index in [1.165, 1.54) is 6.92 Å². The summed E-state index contributed by atoms with van der Waals surface area (Å²) in [5, 5.41) is 9.61. The summed E-state index contributed by atoms with van der Waals surface area (Å²) in [7, 11) is 0. The molecule has 0 spiro atoms. The summed E-state index contributed by atoms with van der Waals surface area (Å²) in [5.74, 6) is -1.92. The highest BCUT2D eigenvalue weighted by molar-refractivity contribution is 5.80. The maximum absolute atomic E-state index is 12.8. The number of rotatable bonds is 7. The lowest BCUT2D eigenvalue weighted by atomic mass is 9.89. The zero-order valence-corrected chi connectivity index (χ0v) is 16.5. The quantitative estimate of drug-likeness (QED) is 0.783. The number of carboxylic acid groups (broad SMARTS) is 1. The van der Waals surface area contributed by atoms with Crippen molar-refractivity contribution >= 4 is 17.8 Å². The van der Waals surface area contributed by atoms with Crippen molar-refractivity contribution < 1.29 is 19.5 Å². The maximum Gasteiger partial charge on any atom is 0.308 e. The molecule has 1 saturated heterocycles. The van der Waals surface area contributed by atoms with E-state index in [2.05, 4.69) is 0 Å². The average Bonchev–Trinajstić information content (AvgIpc) is 3.18. The van der Waals surface area contributed by atoms with Crippen molar-refractivity contribution in [1.82, 2.24) is 9.80 Å². The molecule has 0 aromatic heterocycles. The van der Waals surface area contributed by atoms with Gasteiger partial charge < -0.3 is 14.9 Å². The molecule has 1 aliphatic heterocycles. The van der Waals surface area contributed by atoms with Gasteiger partial charge in [-0.1, -0.05) is 60.7 Å². The van der Waals surface area contributed by atoms with Gasteiger partial charge in [0.2, 0.25) is 11.8 Å². The van der Waals surface area contributed by atoms with Crippen molar-refractivity contribution in [2.75, 3.05) is 19.6 Å². The largest absolute Gasteiger partial charge is 0.481 e. The molecule has 0 unspecified atom stereocenters. The first-order chi connectivity index (χ1) is 14.0. The number of hydrogen-bond acceptors (Lipinski definition) is 3. The van der Waals surface area contributed by atoms with Crippen LogP contribution in [0.15, 0.2) is 60.7 Å². The summed E-state index contributed by atoms with van der Waals surface area (Å²) in [4.78, 5) is 39.7. The number of amides is 2. The molecule has 2 amide bonds. The van der Waals surface area contributed by atoms with Crippen molar-refractivity contribution in [1.29, 1.82) is 0 Å². The molecule has 2 aromatic carbocycles. The molecular weight excluding hydrogens is 368 g/mol. The van der Waals surface area contributed by atoms with Gasteiger partial charge in [0.25, 0.3) is 0 Å². The van der Waals surface area contributed by atoms with E-state index in [1.807, 2.05) is 60.7 Å². The highest BCUT2D eigenvalue weighted by Crippen LogP contribution is 2.33. The van der Waals surface area contributed by atoms with Crippen LogP contribution in [0.5, 0.6) is 0 Å². The van der Waals surface area contributed by atoms with E-state index in [9.17, 15) is 19.5 Å². The standard InChI is InChI=1S/C23H26N2O4/c1-17(26)24(14-18-8-4-2-5-9-18)13-12-22(27)25-15-20(21(16-25)23(28)29)19-10-6-3-7-11-19/h2-11,20-21H,12-16H2,1H3,(H,28,29)/t20-,21-/m0/s1. The molecule has 1 N–H and O–H groups in total. The molecule has 0 aliphatic carbocycles. The lowest BCUT2D eigenvalue weighted by molar-refractivity contribution is -0.141. The van der Waals surface area contributed by atoms with E-state index in [4.69, 9.17) is 0 Å². The number of nitrogens with zero attached hydrogens (tertiary/aromatic N) is 2. The first-order valence-electron chi connectivity index (χ1n) is 9.80. The molecule has 0 saturated carbocycles. The number of aliphatic carboxylic acids is 1. The van der Waals surface area contributed by atoms with Crippen LogP contribution >= 0.6 is 0 Å². The number of likely N-dealkylation sites (tertiary alicyclic amines) is 1. The zero-order valence-electron chi connectivity index (χ0n) is 16.5. The molecule has 2 atom stereocenters. The molecule has 1 fully saturated rings. The number of carboxylic acids is 1. The third kappa shape index (κ3) is 5.22. The van der Waals surface area contributed by atoms with Crippen molar-refractivity contribution in [3.8, 4) is 0 Å². The lowest BCUT2D eigenvalue weighted by Gasteiger charge is -2.23. The van der Waals surface area contributed by atoms with E-state index >= 15 is 0 Å². The SMILES string of the molecule is CC(=O)N(CCC(=O)N1C[C@H](C(=O)O)[C@H](c2ccccc2)C1)Cc1ccccc1. The van der Waals surface area contributed by atoms with Gasteiger partial charge in [-0.2, -0.15) is 0 Å². The number of hydrogen-bond donors (Lipinski definition) is 1. The highest BCUT2D eigenvalue weighted by atomic mass is 16.4. The fourth-order valence-corrected chi connectivity index (χ4v) is 3.84. The molecule has 0 radical (unpaired) electrons. The highest BCUT2D eigenvalue weighted by Gasteiger charge is 2.40. The predicted octanol–water partition coefficient (Wildman–Crippen LogP) is 2.75. The molecule has 2 aromatic rings. The summed E-state index contributed by atoms with van der Waals surface area (Å²) in [6.45, 7) is 2.85. The van der Waals surface area contributed by atoms with Crippen molar-refractivity contribution in [3.05, 3.63) is 71.8 Å². The minimum Gasteiger partial charge on any atom is -0.481 e. The van der Waals surface area contributed by atoms with Gasteiger partial charge in [0, 0.05) is 45.4 Å². The zero-order chi connectivity index (χ0) is 20.8. The predicted molar refractivity (Wildman–Crippen MR) is 109 cm³/mol. The van der Waals surface area contributed by atoms with Crippen LogP contribution in [0.3, 0.4) is 0 Å². The van der Waals surface area contributed by atoms with E-state index in [-0.39, 0.29) is 30.7 Å². The van der Waals surface area contributed by atoms with Crippen molar-refractivity contribution in [2.24, 2.45) is 5.92 Å². The molecule has 0 bridgehead atoms. The van der Waals surface area contributed by atoms with Gasteiger partial charge in [0.15, 0.2) is 0 Å². The van der Waals surface area contributed by atoms with E-state index < -0.39 is 11.9 Å². The van der Waals surface area contributed by atoms with Crippen LogP contribution < -0.4 is 0 Å². The van der Waals surface area contributed by atoms with Crippen LogP contribution in [-0.2, 0) is 20.9 Å². The number of carbonyl (C=O) groups excluding carboxylic acids is 2. The smallest absolute Gasteiger partial charge is 0.308 e. The Morgan fingerprint density at radius 2 is 1.62 bits per heavy atom. The van der Waals surface area contributed by atoms with E-state index in [0.29, 0.717) is 19.6 Å². The Labute approximate surface area is 170 Å². The Hall–Kier alpha value is -3.15. The molecule has 152 valence electrons. The second kappa shape index (κ2) is 9.37. The molecule has 29 heavy (non-hydrogen) atoms. The number of benzene rings is 2. The Morgan fingerprint density at radius 1 is 1.00 bits per heavy atom. The molecule has 1 heterocycles. The van der Waals surface area contributed by atoms with Gasteiger partial charge in [0.1, 0.15) is 0 Å². The van der Waals surface area contributed by atoms with Gasteiger partial charge in [-0.05, 0) is 11.1 Å². The molecule has 6 heteroatoms. The Morgan fingerprint density at radius 3 is 2.21 bits per heavy atom. The van der Waals surface area contributed by atoms with Gasteiger partial charge in [-0.15, -0.1) is 0 Å². The Balaban J connectivity index is 1.62. The molecular formula is C23H26N2O4. The van der Waals surface area contributed by atoms with Crippen LogP contribution in [0, 0.1) is 5.92 Å². The van der Waals surface area contributed by atoms with Crippen LogP contribution in [0.25, 0.3) is 0 Å². The minimum atomic E-state index is -0.886. The lowest BCUT2D eigenvalue weighted by Crippen LogP contribution is -2.35. The third-order valence-corrected chi connectivity index (χ3v) is 5.47. The fourth-order valence-electron chi connectivity index (χ4n) is 3.84. The topological polar surface area (TPSA) is 77.9 Å². The van der Waals surface area contributed by atoms with Gasteiger partial charge >= 0.3 is 5.97 Å². The van der Waals surface area contributed by atoms with Crippen LogP contribution in [0.4, 0.5) is 0 Å². The maximum atomic E-state index is 12.8. The van der Waals surface area contributed by atoms with Gasteiger partial charge in [0.05, 0.1) is 5.92 Å². The Kier molecular flexibility index (Phi) is 6.65. The summed E-state index contributed by atoms with van der Waals surface area (Å²) in [6.07, 6.45) is 0.181. The second-order valence-corrected chi connectivity index (χ2v) is 7.44. The number of carbonyl (C=O) groups is 3. The fraction of sp³-hybridized carbons (Fsp3) is 0.348. The van der Waals surface area contributed by atoms with Crippen LogP contribution in [-0.4, -0.2) is 52.3 Å². The molecule has 6 nitrogen and oxygen atoms in total. The average molecular weight is 394 g/mol. The second-order valence-electron chi connectivity index (χ2n) is 7.44. The van der Waals surface area contributed by atoms with E-state index in [0.717, 1.165) is 11.1 Å². The van der Waals surface area contributed by atoms with Gasteiger partial charge in [-0.25, -0.2) is 0 Å². The van der Waals surface area contributed by atoms with Gasteiger partial charge in [-0.3, -0.25) is 14.4 Å². The summed E-state index contributed by atoms with van der Waals surface area (Å²) in [6, 6.07) is 19.1. The van der Waals surface area contributed by atoms with Crippen LogP contribution in [0.2, 0.25) is 0 Å². The summed E-state index contributed by atoms with van der Waals surface area (Å²) < 4.78 is 0. The normalized spacial score (nSPS) is 18.4. The van der Waals surface area contributed by atoms with E-state index in [1.54, 1.807) is 9.80 Å². The molecule has 1 aliphatic rings. The summed E-state index contributed by atoms with van der Waals surface area (Å²) in [5.41, 5.74) is 1.94. The Bertz CT molecular complexity index is 854. The van der Waals surface area contributed by atoms with Crippen molar-refractivity contribution in [2.45, 2.75) is 25.8 Å². The first kappa shape index (κ1) is 20.6.